The molecule has 0 atom stereocenters. The van der Waals surface area contributed by atoms with E-state index in [9.17, 15) is 13.2 Å². The SMILES string of the molecule is COc1ccc2cccc(CC#N)c2c1.O=S(=O)(O)C(F)(F)F. The molecule has 124 valence electrons. The molecule has 0 aromatic heterocycles. The maximum atomic E-state index is 10.7. The third kappa shape index (κ3) is 5.12. The fourth-order valence-electron chi connectivity index (χ4n) is 1.68. The molecule has 0 unspecified atom stereocenters. The quantitative estimate of drug-likeness (QED) is 0.665. The molecule has 23 heavy (non-hydrogen) atoms. The highest BCUT2D eigenvalue weighted by atomic mass is 32.2. The van der Waals surface area contributed by atoms with Crippen LogP contribution in [0.5, 0.6) is 5.75 Å². The first-order valence-electron chi connectivity index (χ1n) is 6.06. The van der Waals surface area contributed by atoms with Gasteiger partial charge >= 0.3 is 15.6 Å². The molecule has 0 heterocycles. The zero-order valence-electron chi connectivity index (χ0n) is 11.8. The minimum atomic E-state index is -5.84. The average molecular weight is 347 g/mol. The summed E-state index contributed by atoms with van der Waals surface area (Å²) in [5, 5.41) is 11.0. The summed E-state index contributed by atoms with van der Waals surface area (Å²) in [6.07, 6.45) is 0.435. The van der Waals surface area contributed by atoms with Crippen LogP contribution in [-0.4, -0.2) is 25.6 Å². The Hall–Kier alpha value is -2.31. The maximum Gasteiger partial charge on any atom is 0.522 e. The highest BCUT2D eigenvalue weighted by Crippen LogP contribution is 2.24. The smallest absolute Gasteiger partial charge is 0.497 e. The zero-order chi connectivity index (χ0) is 17.7. The summed E-state index contributed by atoms with van der Waals surface area (Å²) in [5.74, 6) is 0.827. The summed E-state index contributed by atoms with van der Waals surface area (Å²) in [5.41, 5.74) is -4.48. The Morgan fingerprint density at radius 3 is 2.35 bits per heavy atom. The Labute approximate surface area is 130 Å². The predicted molar refractivity (Wildman–Crippen MR) is 77.4 cm³/mol. The Bertz CT molecular complexity index is 826. The largest absolute Gasteiger partial charge is 0.522 e. The van der Waals surface area contributed by atoms with Crippen molar-refractivity contribution in [3.05, 3.63) is 42.0 Å². The number of ether oxygens (including phenoxy) is 1. The Morgan fingerprint density at radius 1 is 1.26 bits per heavy atom. The topological polar surface area (TPSA) is 87.4 Å². The van der Waals surface area contributed by atoms with Gasteiger partial charge in [0.1, 0.15) is 5.75 Å². The second-order valence-corrected chi connectivity index (χ2v) is 5.67. The Balaban J connectivity index is 0.000000284. The number of nitriles is 1. The molecule has 1 N–H and O–H groups in total. The van der Waals surface area contributed by atoms with Crippen molar-refractivity contribution < 1.29 is 30.9 Å². The lowest BCUT2D eigenvalue weighted by molar-refractivity contribution is -0.0510. The van der Waals surface area contributed by atoms with Crippen LogP contribution in [0.4, 0.5) is 13.2 Å². The van der Waals surface area contributed by atoms with Gasteiger partial charge in [-0.15, -0.1) is 0 Å². The molecule has 0 bridgehead atoms. The first kappa shape index (κ1) is 18.7. The lowest BCUT2D eigenvalue weighted by atomic mass is 10.0. The molecule has 0 aliphatic rings. The third-order valence-electron chi connectivity index (χ3n) is 2.74. The Morgan fingerprint density at radius 2 is 1.87 bits per heavy atom. The number of hydrogen-bond acceptors (Lipinski definition) is 4. The van der Waals surface area contributed by atoms with Gasteiger partial charge in [-0.25, -0.2) is 0 Å². The van der Waals surface area contributed by atoms with Crippen molar-refractivity contribution in [2.45, 2.75) is 11.9 Å². The molecule has 5 nitrogen and oxygen atoms in total. The van der Waals surface area contributed by atoms with Crippen LogP contribution in [0.25, 0.3) is 10.8 Å². The van der Waals surface area contributed by atoms with Crippen molar-refractivity contribution in [1.29, 1.82) is 5.26 Å². The van der Waals surface area contributed by atoms with Crippen LogP contribution in [-0.2, 0) is 16.5 Å². The minimum absolute atomic E-state index is 0.435. The predicted octanol–water partition coefficient (Wildman–Crippen LogP) is 3.31. The second kappa shape index (κ2) is 7.30. The number of hydrogen-bond donors (Lipinski definition) is 1. The van der Waals surface area contributed by atoms with Crippen molar-refractivity contribution >= 4 is 20.9 Å². The summed E-state index contributed by atoms with van der Waals surface area (Å²) in [4.78, 5) is 0. The van der Waals surface area contributed by atoms with E-state index in [4.69, 9.17) is 23.0 Å². The number of alkyl halides is 3. The zero-order valence-corrected chi connectivity index (χ0v) is 12.6. The van der Waals surface area contributed by atoms with Crippen LogP contribution in [0.3, 0.4) is 0 Å². The molecule has 0 fully saturated rings. The Kier molecular flexibility index (Phi) is 5.95. The molecule has 0 radical (unpaired) electrons. The number of benzene rings is 2. The standard InChI is InChI=1S/C13H11NO.CHF3O3S/c1-15-12-6-5-10-3-2-4-11(7-8-14)13(10)9-12;2-1(3,4)8(5,6)7/h2-6,9H,7H2,1H3;(H,5,6,7). The van der Waals surface area contributed by atoms with Crippen LogP contribution in [0, 0.1) is 11.3 Å². The van der Waals surface area contributed by atoms with Crippen LogP contribution < -0.4 is 4.74 Å². The average Bonchev–Trinajstić information content (AvgIpc) is 2.46. The molecule has 0 aliphatic carbocycles. The summed E-state index contributed by atoms with van der Waals surface area (Å²) in [7, 11) is -4.19. The van der Waals surface area contributed by atoms with E-state index in [0.29, 0.717) is 6.42 Å². The molecule has 0 spiro atoms. The van der Waals surface area contributed by atoms with Crippen molar-refractivity contribution in [2.75, 3.05) is 7.11 Å². The van der Waals surface area contributed by atoms with Crippen molar-refractivity contribution in [1.82, 2.24) is 0 Å². The molecule has 2 aromatic rings. The van der Waals surface area contributed by atoms with Gasteiger partial charge in [-0.3, -0.25) is 4.55 Å². The molecule has 0 amide bonds. The fraction of sp³-hybridized carbons (Fsp3) is 0.214. The van der Waals surface area contributed by atoms with E-state index < -0.39 is 15.6 Å². The highest BCUT2D eigenvalue weighted by Gasteiger charge is 2.44. The van der Waals surface area contributed by atoms with Gasteiger partial charge in [0.05, 0.1) is 19.6 Å². The molecule has 2 rings (SSSR count). The van der Waals surface area contributed by atoms with E-state index in [-0.39, 0.29) is 0 Å². The van der Waals surface area contributed by atoms with Crippen molar-refractivity contribution in [3.63, 3.8) is 0 Å². The molecule has 2 aromatic carbocycles. The number of methoxy groups -OCH3 is 1. The van der Waals surface area contributed by atoms with Gasteiger partial charge in [0, 0.05) is 0 Å². The highest BCUT2D eigenvalue weighted by molar-refractivity contribution is 7.86. The van der Waals surface area contributed by atoms with Gasteiger partial charge in [0.25, 0.3) is 0 Å². The summed E-state index contributed by atoms with van der Waals surface area (Å²) in [6, 6.07) is 14.1. The minimum Gasteiger partial charge on any atom is -0.497 e. The van der Waals surface area contributed by atoms with Gasteiger partial charge in [0.2, 0.25) is 0 Å². The summed E-state index contributed by atoms with van der Waals surface area (Å²) in [6.45, 7) is 0. The summed E-state index contributed by atoms with van der Waals surface area (Å²) < 4.78 is 62.7. The molecule has 0 saturated carbocycles. The molecule has 0 saturated heterocycles. The lowest BCUT2D eigenvalue weighted by Crippen LogP contribution is -2.21. The first-order chi connectivity index (χ1) is 10.6. The van der Waals surface area contributed by atoms with Gasteiger partial charge < -0.3 is 4.74 Å². The normalized spacial score (nSPS) is 11.3. The number of rotatable bonds is 2. The van der Waals surface area contributed by atoms with Gasteiger partial charge in [-0.2, -0.15) is 26.9 Å². The van der Waals surface area contributed by atoms with E-state index in [1.807, 2.05) is 36.4 Å². The van der Waals surface area contributed by atoms with Crippen LogP contribution in [0.1, 0.15) is 5.56 Å². The molecule has 0 aliphatic heterocycles. The van der Waals surface area contributed by atoms with Crippen LogP contribution in [0.15, 0.2) is 36.4 Å². The molecule has 9 heteroatoms. The maximum absolute atomic E-state index is 10.7. The van der Waals surface area contributed by atoms with E-state index >= 15 is 0 Å². The van der Waals surface area contributed by atoms with Crippen LogP contribution in [0.2, 0.25) is 0 Å². The molecular formula is C14H12F3NO4S. The number of halogens is 3. The molecular weight excluding hydrogens is 335 g/mol. The second-order valence-electron chi connectivity index (χ2n) is 4.26. The fourth-order valence-corrected chi connectivity index (χ4v) is 1.68. The van der Waals surface area contributed by atoms with E-state index in [2.05, 4.69) is 6.07 Å². The van der Waals surface area contributed by atoms with Crippen molar-refractivity contribution in [2.24, 2.45) is 0 Å². The summed E-state index contributed by atoms with van der Waals surface area (Å²) >= 11 is 0. The van der Waals surface area contributed by atoms with Crippen LogP contribution >= 0.6 is 0 Å². The van der Waals surface area contributed by atoms with Crippen molar-refractivity contribution in [3.8, 4) is 11.8 Å². The third-order valence-corrected chi connectivity index (χ3v) is 3.33. The van der Waals surface area contributed by atoms with E-state index in [1.54, 1.807) is 7.11 Å². The first-order valence-corrected chi connectivity index (χ1v) is 7.50. The lowest BCUT2D eigenvalue weighted by Gasteiger charge is -2.05. The van der Waals surface area contributed by atoms with Gasteiger partial charge in [-0.05, 0) is 28.5 Å². The van der Waals surface area contributed by atoms with Gasteiger partial charge in [0.15, 0.2) is 0 Å². The monoisotopic (exact) mass is 347 g/mol. The van der Waals surface area contributed by atoms with E-state index in [1.165, 1.54) is 0 Å². The number of fused-ring (bicyclic) bond motifs is 1. The number of nitrogens with zero attached hydrogens (tertiary/aromatic N) is 1. The van der Waals surface area contributed by atoms with Gasteiger partial charge in [-0.1, -0.05) is 24.3 Å². The van der Waals surface area contributed by atoms with E-state index in [0.717, 1.165) is 22.1 Å².